The van der Waals surface area contributed by atoms with E-state index in [0.717, 1.165) is 6.54 Å². The predicted molar refractivity (Wildman–Crippen MR) is 56.6 cm³/mol. The standard InChI is InChI=1S/C9H19NO2S/c1-5-7-9(10-6-2)8(3)13(4,11)12/h5,8-10H,1,6-7H2,2-4H3. The third-order valence-corrected chi connectivity index (χ3v) is 3.81. The first-order valence-corrected chi connectivity index (χ1v) is 6.42. The summed E-state index contributed by atoms with van der Waals surface area (Å²) in [4.78, 5) is 0. The fraction of sp³-hybridized carbons (Fsp3) is 0.778. The largest absolute Gasteiger partial charge is 0.313 e. The van der Waals surface area contributed by atoms with Crippen LogP contribution < -0.4 is 5.32 Å². The summed E-state index contributed by atoms with van der Waals surface area (Å²) in [5.74, 6) is 0. The minimum Gasteiger partial charge on any atom is -0.313 e. The molecule has 0 aliphatic rings. The van der Waals surface area contributed by atoms with Crippen molar-refractivity contribution >= 4 is 9.84 Å². The number of hydrogen-bond donors (Lipinski definition) is 1. The molecule has 0 aliphatic carbocycles. The second-order valence-electron chi connectivity index (χ2n) is 3.22. The summed E-state index contributed by atoms with van der Waals surface area (Å²) in [5.41, 5.74) is 0. The van der Waals surface area contributed by atoms with Crippen LogP contribution in [0, 0.1) is 0 Å². The molecule has 2 unspecified atom stereocenters. The number of sulfone groups is 1. The van der Waals surface area contributed by atoms with Gasteiger partial charge < -0.3 is 5.32 Å². The van der Waals surface area contributed by atoms with E-state index in [1.807, 2.05) is 6.92 Å². The predicted octanol–water partition coefficient (Wildman–Crippen LogP) is 0.974. The van der Waals surface area contributed by atoms with Gasteiger partial charge in [0.15, 0.2) is 9.84 Å². The van der Waals surface area contributed by atoms with E-state index in [1.165, 1.54) is 6.26 Å². The molecule has 0 radical (unpaired) electrons. The van der Waals surface area contributed by atoms with E-state index in [1.54, 1.807) is 13.0 Å². The highest BCUT2D eigenvalue weighted by Crippen LogP contribution is 2.08. The van der Waals surface area contributed by atoms with Crippen LogP contribution in [0.15, 0.2) is 12.7 Å². The van der Waals surface area contributed by atoms with Crippen LogP contribution in [0.3, 0.4) is 0 Å². The fourth-order valence-electron chi connectivity index (χ4n) is 1.18. The molecule has 0 aliphatic heterocycles. The highest BCUT2D eigenvalue weighted by molar-refractivity contribution is 7.91. The van der Waals surface area contributed by atoms with E-state index >= 15 is 0 Å². The normalized spacial score (nSPS) is 16.5. The minimum atomic E-state index is -2.96. The van der Waals surface area contributed by atoms with Gasteiger partial charge in [-0.25, -0.2) is 8.42 Å². The first-order chi connectivity index (χ1) is 5.93. The van der Waals surface area contributed by atoms with Gasteiger partial charge in [0, 0.05) is 12.3 Å². The first kappa shape index (κ1) is 12.7. The van der Waals surface area contributed by atoms with Crippen molar-refractivity contribution < 1.29 is 8.42 Å². The molecule has 0 rings (SSSR count). The van der Waals surface area contributed by atoms with E-state index in [9.17, 15) is 8.42 Å². The maximum atomic E-state index is 11.2. The van der Waals surface area contributed by atoms with Crippen molar-refractivity contribution in [1.29, 1.82) is 0 Å². The Balaban J connectivity index is 4.44. The van der Waals surface area contributed by atoms with Gasteiger partial charge in [-0.15, -0.1) is 6.58 Å². The van der Waals surface area contributed by atoms with Crippen LogP contribution in [0.1, 0.15) is 20.3 Å². The Morgan fingerprint density at radius 1 is 1.54 bits per heavy atom. The molecule has 13 heavy (non-hydrogen) atoms. The smallest absolute Gasteiger partial charge is 0.151 e. The number of hydrogen-bond acceptors (Lipinski definition) is 3. The third-order valence-electron chi connectivity index (χ3n) is 2.13. The van der Waals surface area contributed by atoms with Gasteiger partial charge in [-0.05, 0) is 19.9 Å². The van der Waals surface area contributed by atoms with Crippen LogP contribution in [0.25, 0.3) is 0 Å². The Bertz CT molecular complexity index is 246. The average molecular weight is 205 g/mol. The van der Waals surface area contributed by atoms with Crippen molar-refractivity contribution in [2.24, 2.45) is 0 Å². The van der Waals surface area contributed by atoms with Crippen LogP contribution in [0.2, 0.25) is 0 Å². The van der Waals surface area contributed by atoms with E-state index in [4.69, 9.17) is 0 Å². The van der Waals surface area contributed by atoms with Gasteiger partial charge in [-0.3, -0.25) is 0 Å². The fourth-order valence-corrected chi connectivity index (χ4v) is 1.99. The van der Waals surface area contributed by atoms with Gasteiger partial charge in [-0.1, -0.05) is 13.0 Å². The molecule has 0 amide bonds. The summed E-state index contributed by atoms with van der Waals surface area (Å²) in [6.45, 7) is 8.08. The van der Waals surface area contributed by atoms with Gasteiger partial charge in [0.1, 0.15) is 0 Å². The molecule has 2 atom stereocenters. The Hall–Kier alpha value is -0.350. The monoisotopic (exact) mass is 205 g/mol. The number of rotatable bonds is 6. The van der Waals surface area contributed by atoms with Crippen molar-refractivity contribution in [1.82, 2.24) is 5.32 Å². The van der Waals surface area contributed by atoms with Crippen molar-refractivity contribution in [2.45, 2.75) is 31.6 Å². The molecule has 0 fully saturated rings. The van der Waals surface area contributed by atoms with Crippen LogP contribution >= 0.6 is 0 Å². The van der Waals surface area contributed by atoms with Crippen molar-refractivity contribution in [3.05, 3.63) is 12.7 Å². The Kier molecular flexibility index (Phi) is 5.25. The highest BCUT2D eigenvalue weighted by atomic mass is 32.2. The molecular weight excluding hydrogens is 186 g/mol. The minimum absolute atomic E-state index is 0.0162. The maximum Gasteiger partial charge on any atom is 0.151 e. The summed E-state index contributed by atoms with van der Waals surface area (Å²) < 4.78 is 22.5. The lowest BCUT2D eigenvalue weighted by Gasteiger charge is -2.21. The molecule has 0 saturated carbocycles. The molecule has 0 bridgehead atoms. The first-order valence-electron chi connectivity index (χ1n) is 4.46. The lowest BCUT2D eigenvalue weighted by atomic mass is 10.1. The maximum absolute atomic E-state index is 11.2. The summed E-state index contributed by atoms with van der Waals surface area (Å²) in [6, 6.07) is -0.0162. The van der Waals surface area contributed by atoms with E-state index < -0.39 is 9.84 Å². The SMILES string of the molecule is C=CCC(NCC)C(C)S(C)(=O)=O. The molecule has 3 nitrogen and oxygen atoms in total. The Morgan fingerprint density at radius 3 is 2.38 bits per heavy atom. The average Bonchev–Trinajstić information content (AvgIpc) is 2.01. The van der Waals surface area contributed by atoms with Gasteiger partial charge in [-0.2, -0.15) is 0 Å². The van der Waals surface area contributed by atoms with Crippen LogP contribution in [-0.2, 0) is 9.84 Å². The molecule has 78 valence electrons. The summed E-state index contributed by atoms with van der Waals surface area (Å²) in [6.07, 6.45) is 3.70. The van der Waals surface area contributed by atoms with Gasteiger partial charge in [0.25, 0.3) is 0 Å². The van der Waals surface area contributed by atoms with E-state index in [-0.39, 0.29) is 11.3 Å². The Labute approximate surface area is 81.1 Å². The molecule has 0 saturated heterocycles. The van der Waals surface area contributed by atoms with Crippen molar-refractivity contribution in [3.8, 4) is 0 Å². The quantitative estimate of drug-likeness (QED) is 0.657. The molecule has 0 aromatic rings. The molecular formula is C9H19NO2S. The Morgan fingerprint density at radius 2 is 2.08 bits per heavy atom. The van der Waals surface area contributed by atoms with Gasteiger partial charge >= 0.3 is 0 Å². The topological polar surface area (TPSA) is 46.2 Å². The van der Waals surface area contributed by atoms with E-state index in [0.29, 0.717) is 6.42 Å². The zero-order chi connectivity index (χ0) is 10.5. The van der Waals surface area contributed by atoms with Crippen molar-refractivity contribution in [3.63, 3.8) is 0 Å². The molecule has 0 aromatic carbocycles. The van der Waals surface area contributed by atoms with Gasteiger partial charge in [0.05, 0.1) is 5.25 Å². The lowest BCUT2D eigenvalue weighted by Crippen LogP contribution is -2.41. The third kappa shape index (κ3) is 4.43. The zero-order valence-electron chi connectivity index (χ0n) is 8.58. The summed E-state index contributed by atoms with van der Waals surface area (Å²) in [7, 11) is -2.96. The number of nitrogens with one attached hydrogen (secondary N) is 1. The molecule has 1 N–H and O–H groups in total. The molecule has 4 heteroatoms. The van der Waals surface area contributed by atoms with Crippen LogP contribution in [-0.4, -0.2) is 32.5 Å². The second-order valence-corrected chi connectivity index (χ2v) is 5.63. The molecule has 0 aromatic heterocycles. The van der Waals surface area contributed by atoms with Crippen LogP contribution in [0.4, 0.5) is 0 Å². The molecule has 0 heterocycles. The molecule has 0 spiro atoms. The second kappa shape index (κ2) is 5.40. The summed E-state index contributed by atoms with van der Waals surface area (Å²) >= 11 is 0. The van der Waals surface area contributed by atoms with Crippen molar-refractivity contribution in [2.75, 3.05) is 12.8 Å². The lowest BCUT2D eigenvalue weighted by molar-refractivity contribution is 0.500. The highest BCUT2D eigenvalue weighted by Gasteiger charge is 2.23. The van der Waals surface area contributed by atoms with Gasteiger partial charge in [0.2, 0.25) is 0 Å². The van der Waals surface area contributed by atoms with E-state index in [2.05, 4.69) is 11.9 Å². The van der Waals surface area contributed by atoms with Crippen LogP contribution in [0.5, 0.6) is 0 Å². The zero-order valence-corrected chi connectivity index (χ0v) is 9.39. The summed E-state index contributed by atoms with van der Waals surface area (Å²) in [5, 5.41) is 2.78.